The molecule has 2 aliphatic rings. The molecule has 1 saturated heterocycles. The van der Waals surface area contributed by atoms with E-state index in [4.69, 9.17) is 0 Å². The van der Waals surface area contributed by atoms with Gasteiger partial charge in [-0.25, -0.2) is 0 Å². The molecule has 5 heteroatoms. The molecule has 2 unspecified atom stereocenters. The molecule has 0 saturated carbocycles. The number of nitroso groups, excluding NO2 is 1. The van der Waals surface area contributed by atoms with E-state index < -0.39 is 0 Å². The van der Waals surface area contributed by atoms with Gasteiger partial charge in [0.25, 0.3) is 0 Å². The van der Waals surface area contributed by atoms with Crippen LogP contribution in [0.2, 0.25) is 0 Å². The number of aliphatic hydroxyl groups excluding tert-OH is 1. The van der Waals surface area contributed by atoms with E-state index in [9.17, 15) is 10.0 Å². The number of thioether (sulfide) groups is 1. The van der Waals surface area contributed by atoms with Gasteiger partial charge in [0.1, 0.15) is 11.1 Å². The molecule has 0 amide bonds. The van der Waals surface area contributed by atoms with Crippen LogP contribution in [-0.2, 0) is 0 Å². The van der Waals surface area contributed by atoms with Gasteiger partial charge in [-0.1, -0.05) is 11.8 Å². The number of rotatable bonds is 1. The molecular weight excluding hydrogens is 176 g/mol. The first-order valence-corrected chi connectivity index (χ1v) is 4.61. The lowest BCUT2D eigenvalue weighted by Gasteiger charge is -2.11. The molecule has 1 fully saturated rings. The second-order valence-corrected chi connectivity index (χ2v) is 4.06. The van der Waals surface area contributed by atoms with Gasteiger partial charge in [-0.2, -0.15) is 0 Å². The normalized spacial score (nSPS) is 33.8. The predicted octanol–water partition coefficient (Wildman–Crippen LogP) is 1.12. The molecule has 1 N–H and O–H groups in total. The van der Waals surface area contributed by atoms with E-state index in [0.717, 1.165) is 4.91 Å². The zero-order chi connectivity index (χ0) is 8.55. The summed E-state index contributed by atoms with van der Waals surface area (Å²) < 4.78 is 0. The van der Waals surface area contributed by atoms with Gasteiger partial charge in [0.15, 0.2) is 0 Å². The Bertz CT molecular complexity index is 275. The van der Waals surface area contributed by atoms with Crippen LogP contribution in [-0.4, -0.2) is 23.3 Å². The summed E-state index contributed by atoms with van der Waals surface area (Å²) in [6, 6.07) is 0. The number of nitrogens with zero attached hydrogens (tertiary/aromatic N) is 2. The van der Waals surface area contributed by atoms with Gasteiger partial charge in [0, 0.05) is 17.4 Å². The average Bonchev–Trinajstić information content (AvgIpc) is 2.44. The maximum atomic E-state index is 10.3. The first kappa shape index (κ1) is 7.94. The van der Waals surface area contributed by atoms with E-state index in [0.29, 0.717) is 18.7 Å². The van der Waals surface area contributed by atoms with Crippen LogP contribution >= 0.6 is 11.8 Å². The van der Waals surface area contributed by atoms with Gasteiger partial charge >= 0.3 is 0 Å². The fourth-order valence-corrected chi connectivity index (χ4v) is 2.66. The van der Waals surface area contributed by atoms with Crippen LogP contribution in [0.3, 0.4) is 0 Å². The van der Waals surface area contributed by atoms with Crippen molar-refractivity contribution in [2.75, 3.05) is 6.54 Å². The Morgan fingerprint density at radius 3 is 3.33 bits per heavy atom. The Morgan fingerprint density at radius 2 is 2.58 bits per heavy atom. The van der Waals surface area contributed by atoms with Crippen molar-refractivity contribution >= 4 is 18.0 Å². The van der Waals surface area contributed by atoms with E-state index in [2.05, 4.69) is 10.2 Å². The Balaban J connectivity index is 2.33. The summed E-state index contributed by atoms with van der Waals surface area (Å²) in [5, 5.41) is 12.2. The summed E-state index contributed by atoms with van der Waals surface area (Å²) in [7, 11) is 0. The first-order chi connectivity index (χ1) is 5.81. The van der Waals surface area contributed by atoms with Crippen LogP contribution in [0.4, 0.5) is 0 Å². The lowest BCUT2D eigenvalue weighted by molar-refractivity contribution is 0.245. The largest absolute Gasteiger partial charge is 0.382 e. The monoisotopic (exact) mass is 184 g/mol. The van der Waals surface area contributed by atoms with E-state index in [1.165, 1.54) is 18.0 Å². The zero-order valence-corrected chi connectivity index (χ0v) is 7.12. The highest BCUT2D eigenvalue weighted by Gasteiger charge is 2.32. The molecule has 0 aromatic rings. The molecule has 0 aromatic carbocycles. The molecule has 0 radical (unpaired) electrons. The lowest BCUT2D eigenvalue weighted by Crippen LogP contribution is -2.09. The van der Waals surface area contributed by atoms with E-state index >= 15 is 0 Å². The van der Waals surface area contributed by atoms with Gasteiger partial charge in [0.2, 0.25) is 0 Å². The smallest absolute Gasteiger partial charge is 0.135 e. The predicted molar refractivity (Wildman–Crippen MR) is 47.9 cm³/mol. The number of aliphatic hydroxyl groups is 1. The maximum Gasteiger partial charge on any atom is 0.135 e. The number of fused-ring (bicyclic) bond motifs is 1. The third-order valence-corrected chi connectivity index (χ3v) is 3.27. The van der Waals surface area contributed by atoms with Crippen LogP contribution in [0.25, 0.3) is 0 Å². The topological polar surface area (TPSA) is 62.0 Å². The first-order valence-electron chi connectivity index (χ1n) is 3.73. The van der Waals surface area contributed by atoms with Crippen LogP contribution in [0, 0.1) is 10.8 Å². The van der Waals surface area contributed by atoms with Crippen LogP contribution in [0.1, 0.15) is 6.42 Å². The second-order valence-electron chi connectivity index (χ2n) is 2.84. The van der Waals surface area contributed by atoms with Crippen LogP contribution < -0.4 is 0 Å². The molecule has 2 atom stereocenters. The minimum Gasteiger partial charge on any atom is -0.382 e. The summed E-state index contributed by atoms with van der Waals surface area (Å²) in [6.45, 7) is 0.679. The van der Waals surface area contributed by atoms with Crippen molar-refractivity contribution in [1.82, 2.24) is 0 Å². The Labute approximate surface area is 73.7 Å². The summed E-state index contributed by atoms with van der Waals surface area (Å²) in [6.07, 6.45) is 2.18. The van der Waals surface area contributed by atoms with Gasteiger partial charge in [-0.15, -0.1) is 4.91 Å². The highest BCUT2D eigenvalue weighted by molar-refractivity contribution is 8.03. The number of allylic oxidation sites excluding steroid dienone is 1. The Kier molecular flexibility index (Phi) is 1.98. The van der Waals surface area contributed by atoms with E-state index in [1.54, 1.807) is 0 Å². The molecule has 64 valence electrons. The molecular formula is C7H8N2O2S. The lowest BCUT2D eigenvalue weighted by atomic mass is 10.0. The van der Waals surface area contributed by atoms with Crippen molar-refractivity contribution in [3.8, 4) is 0 Å². The molecule has 0 aromatic heterocycles. The SMILES string of the molecule is O=NC1=C2SC(O)CC2CN=C1. The third-order valence-electron chi connectivity index (χ3n) is 2.01. The number of dihydropyridines is 1. The van der Waals surface area contributed by atoms with Gasteiger partial charge < -0.3 is 5.11 Å². The molecule has 12 heavy (non-hydrogen) atoms. The highest BCUT2D eigenvalue weighted by Crippen LogP contribution is 2.43. The molecule has 4 nitrogen and oxygen atoms in total. The van der Waals surface area contributed by atoms with Crippen molar-refractivity contribution in [3.05, 3.63) is 15.5 Å². The van der Waals surface area contributed by atoms with Gasteiger partial charge in [0.05, 0.1) is 6.21 Å². The van der Waals surface area contributed by atoms with Crippen molar-refractivity contribution in [3.63, 3.8) is 0 Å². The number of hydrogen-bond acceptors (Lipinski definition) is 5. The van der Waals surface area contributed by atoms with E-state index in [1.807, 2.05) is 0 Å². The summed E-state index contributed by atoms with van der Waals surface area (Å²) in [5.41, 5.74) is 0.0104. The molecule has 2 aliphatic heterocycles. The Hall–Kier alpha value is -0.680. The van der Waals surface area contributed by atoms with Crippen molar-refractivity contribution in [1.29, 1.82) is 0 Å². The minimum atomic E-state index is -0.386. The highest BCUT2D eigenvalue weighted by atomic mass is 32.2. The van der Waals surface area contributed by atoms with Crippen molar-refractivity contribution < 1.29 is 5.11 Å². The molecule has 2 heterocycles. The third kappa shape index (κ3) is 1.19. The van der Waals surface area contributed by atoms with Gasteiger partial charge in [-0.05, 0) is 11.6 Å². The molecule has 0 aliphatic carbocycles. The number of aliphatic imine (C=N–C) groups is 1. The fourth-order valence-electron chi connectivity index (χ4n) is 1.47. The summed E-state index contributed by atoms with van der Waals surface area (Å²) in [5.74, 6) is 0.225. The van der Waals surface area contributed by atoms with Crippen molar-refractivity contribution in [2.24, 2.45) is 16.1 Å². The molecule has 2 rings (SSSR count). The molecule has 0 spiro atoms. The fraction of sp³-hybridized carbons (Fsp3) is 0.571. The van der Waals surface area contributed by atoms with Crippen LogP contribution in [0.5, 0.6) is 0 Å². The Morgan fingerprint density at radius 1 is 1.75 bits per heavy atom. The summed E-state index contributed by atoms with van der Waals surface area (Å²) >= 11 is 1.33. The second kappa shape index (κ2) is 2.99. The maximum absolute atomic E-state index is 10.3. The van der Waals surface area contributed by atoms with E-state index in [-0.39, 0.29) is 11.4 Å². The van der Waals surface area contributed by atoms with Crippen molar-refractivity contribution in [2.45, 2.75) is 11.9 Å². The average molecular weight is 184 g/mol. The molecule has 0 bridgehead atoms. The summed E-state index contributed by atoms with van der Waals surface area (Å²) in [4.78, 5) is 15.2. The minimum absolute atomic E-state index is 0.225. The quantitative estimate of drug-likeness (QED) is 0.621. The standard InChI is InChI=1S/C7H8N2O2S/c10-6-1-4-2-8-3-5(9-11)7(4)12-6/h3-4,6,10H,1-2H2. The van der Waals surface area contributed by atoms with Gasteiger partial charge in [-0.3, -0.25) is 4.99 Å². The van der Waals surface area contributed by atoms with Crippen LogP contribution in [0.15, 0.2) is 20.8 Å². The zero-order valence-electron chi connectivity index (χ0n) is 6.30. The number of hydrogen-bond donors (Lipinski definition) is 1.